The van der Waals surface area contributed by atoms with Crippen molar-refractivity contribution in [2.45, 2.75) is 26.8 Å². The molecule has 0 bridgehead atoms. The second kappa shape index (κ2) is 15.3. The van der Waals surface area contributed by atoms with E-state index in [1.807, 2.05) is 26.0 Å². The molecule has 1 atom stereocenters. The van der Waals surface area contributed by atoms with E-state index in [1.54, 1.807) is 0 Å². The number of para-hydroxylation sites is 1. The van der Waals surface area contributed by atoms with E-state index in [0.29, 0.717) is 0 Å². The Balaban J connectivity index is 1.74. The number of anilines is 1. The maximum Gasteiger partial charge on any atom is 0.254 e. The Morgan fingerprint density at radius 3 is 1.21 bits per heavy atom. The van der Waals surface area contributed by atoms with Gasteiger partial charge in [-0.25, -0.2) is 0 Å². The van der Waals surface area contributed by atoms with E-state index in [9.17, 15) is 4.79 Å². The zero-order valence-electron chi connectivity index (χ0n) is 27.1. The third-order valence-electron chi connectivity index (χ3n) is 8.43. The minimum absolute atomic E-state index is 0.0182. The van der Waals surface area contributed by atoms with Crippen LogP contribution in [0.1, 0.15) is 32.4 Å². The number of hydrogen-bond donors (Lipinski definition) is 0. The Labute approximate surface area is 282 Å². The summed E-state index contributed by atoms with van der Waals surface area (Å²) in [4.78, 5) is 17.0. The number of benzene rings is 6. The lowest BCUT2D eigenvalue weighted by Crippen LogP contribution is -2.42. The van der Waals surface area contributed by atoms with Gasteiger partial charge in [0.05, 0.1) is 11.7 Å². The normalized spacial score (nSPS) is 12.2. The lowest BCUT2D eigenvalue weighted by atomic mass is 10.0. The molecule has 0 fully saturated rings. The van der Waals surface area contributed by atoms with Gasteiger partial charge in [0.15, 0.2) is 0 Å². The maximum absolute atomic E-state index is 14.9. The summed E-state index contributed by atoms with van der Waals surface area (Å²) in [5, 5.41) is 7.34. The minimum Gasteiger partial charge on any atom is -0.300 e. The fraction of sp³-hybridized carbons (Fsp3) is 0.0930. The smallest absolute Gasteiger partial charge is 0.254 e. The predicted octanol–water partition coefficient (Wildman–Crippen LogP) is 8.26. The first kappa shape index (κ1) is 32.3. The van der Waals surface area contributed by atoms with Gasteiger partial charge < -0.3 is 4.90 Å². The van der Waals surface area contributed by atoms with Gasteiger partial charge in [-0.1, -0.05) is 176 Å². The Kier molecular flexibility index (Phi) is 10.5. The topological polar surface area (TPSA) is 20.3 Å². The summed E-state index contributed by atoms with van der Waals surface area (Å²) in [7, 11) is -2.05. The van der Waals surface area contributed by atoms with Crippen molar-refractivity contribution in [3.63, 3.8) is 0 Å². The molecular weight excluding hydrogens is 608 g/mol. The number of amides is 1. The minimum atomic E-state index is -1.02. The summed E-state index contributed by atoms with van der Waals surface area (Å²) in [6.07, 6.45) is 1.93. The number of nitrogens with zero attached hydrogens (tertiary/aromatic N) is 1. The number of carbonyl (C=O) groups excluding carboxylic acids is 1. The monoisotopic (exact) mass is 647 g/mol. The van der Waals surface area contributed by atoms with Gasteiger partial charge in [0.25, 0.3) is 5.91 Å². The van der Waals surface area contributed by atoms with Gasteiger partial charge in [-0.15, -0.1) is 0 Å². The number of carbonyl (C=O) groups is 1. The van der Waals surface area contributed by atoms with Crippen LogP contribution in [0.2, 0.25) is 0 Å². The van der Waals surface area contributed by atoms with E-state index < -0.39 is 15.8 Å². The Hall–Kier alpha value is -4.61. The van der Waals surface area contributed by atoms with Crippen molar-refractivity contribution in [1.29, 1.82) is 0 Å². The molecule has 0 radical (unpaired) electrons. The van der Waals surface area contributed by atoms with E-state index >= 15 is 0 Å². The van der Waals surface area contributed by atoms with Crippen LogP contribution in [0.5, 0.6) is 0 Å². The van der Waals surface area contributed by atoms with Gasteiger partial charge in [-0.3, -0.25) is 4.79 Å². The van der Waals surface area contributed by atoms with Crippen LogP contribution in [-0.4, -0.2) is 5.91 Å². The average Bonchev–Trinajstić information content (AvgIpc) is 3.14. The molecule has 4 heteroatoms. The molecule has 6 rings (SSSR count). The van der Waals surface area contributed by atoms with Gasteiger partial charge in [-0.2, -0.15) is 0 Å². The summed E-state index contributed by atoms with van der Waals surface area (Å²) in [5.74, 6) is 0.0182. The molecule has 0 spiro atoms. The molecule has 6 aromatic carbocycles. The van der Waals surface area contributed by atoms with Crippen LogP contribution in [0.4, 0.5) is 5.69 Å². The molecule has 232 valence electrons. The highest BCUT2D eigenvalue weighted by Crippen LogP contribution is 2.44. The molecule has 0 N–H and O–H groups in total. The third kappa shape index (κ3) is 7.06. The van der Waals surface area contributed by atoms with Crippen molar-refractivity contribution in [3.8, 4) is 0 Å². The first-order valence-corrected chi connectivity index (χ1v) is 18.7. The molecular formula is C43H39NOP2. The predicted molar refractivity (Wildman–Crippen MR) is 206 cm³/mol. The van der Waals surface area contributed by atoms with Crippen molar-refractivity contribution in [2.24, 2.45) is 0 Å². The third-order valence-corrected chi connectivity index (χ3v) is 13.4. The van der Waals surface area contributed by atoms with Crippen LogP contribution in [0.15, 0.2) is 182 Å². The molecule has 0 heterocycles. The zero-order valence-corrected chi connectivity index (χ0v) is 28.9. The van der Waals surface area contributed by atoms with Crippen molar-refractivity contribution in [3.05, 3.63) is 187 Å². The highest BCUT2D eigenvalue weighted by atomic mass is 31.1. The summed E-state index contributed by atoms with van der Waals surface area (Å²) in [6, 6.07) is 60.1. The van der Waals surface area contributed by atoms with Crippen molar-refractivity contribution >= 4 is 59.3 Å². The lowest BCUT2D eigenvalue weighted by molar-refractivity contribution is -0.115. The number of allylic oxidation sites excluding steroid dienone is 1. The second-order valence-corrected chi connectivity index (χ2v) is 15.8. The van der Waals surface area contributed by atoms with Crippen molar-refractivity contribution in [1.82, 2.24) is 0 Å². The molecule has 0 unspecified atom stereocenters. The van der Waals surface area contributed by atoms with Gasteiger partial charge in [-0.05, 0) is 63.4 Å². The van der Waals surface area contributed by atoms with E-state index in [4.69, 9.17) is 0 Å². The van der Waals surface area contributed by atoms with E-state index in [-0.39, 0.29) is 11.9 Å². The molecule has 0 aliphatic rings. The summed E-state index contributed by atoms with van der Waals surface area (Å²) in [5.41, 5.74) is 2.83. The molecule has 0 aromatic heterocycles. The highest BCUT2D eigenvalue weighted by Gasteiger charge is 2.34. The Morgan fingerprint density at radius 2 is 0.872 bits per heavy atom. The average molecular weight is 648 g/mol. The first-order chi connectivity index (χ1) is 23.1. The van der Waals surface area contributed by atoms with E-state index in [1.165, 1.54) is 31.8 Å². The summed E-state index contributed by atoms with van der Waals surface area (Å²) < 4.78 is 0. The maximum atomic E-state index is 14.9. The summed E-state index contributed by atoms with van der Waals surface area (Å²) in [6.45, 7) is 6.05. The van der Waals surface area contributed by atoms with Gasteiger partial charge >= 0.3 is 0 Å². The van der Waals surface area contributed by atoms with E-state index in [0.717, 1.165) is 16.8 Å². The number of rotatable bonds is 10. The molecule has 6 aromatic rings. The Bertz CT molecular complexity index is 1750. The van der Waals surface area contributed by atoms with Crippen LogP contribution in [0.25, 0.3) is 0 Å². The van der Waals surface area contributed by atoms with E-state index in [2.05, 4.69) is 176 Å². The quantitative estimate of drug-likeness (QED) is 0.108. The van der Waals surface area contributed by atoms with Gasteiger partial charge in [0.2, 0.25) is 0 Å². The van der Waals surface area contributed by atoms with Crippen molar-refractivity contribution < 1.29 is 4.79 Å². The molecule has 0 saturated heterocycles. The van der Waals surface area contributed by atoms with Crippen LogP contribution in [0.3, 0.4) is 0 Å². The molecule has 47 heavy (non-hydrogen) atoms. The highest BCUT2D eigenvalue weighted by molar-refractivity contribution is 7.81. The molecule has 0 saturated carbocycles. The van der Waals surface area contributed by atoms with Crippen LogP contribution < -0.4 is 36.7 Å². The SMILES string of the molecule is C/C=C(\C)C(=O)N(c1c(P(c2ccccc2)c2ccccc2)cccc1P(c1ccccc1)c1ccccc1)[C@@H](C)c1ccccc1. The fourth-order valence-electron chi connectivity index (χ4n) is 5.96. The van der Waals surface area contributed by atoms with Crippen LogP contribution >= 0.6 is 15.8 Å². The fourth-order valence-corrected chi connectivity index (χ4v) is 11.0. The van der Waals surface area contributed by atoms with Crippen LogP contribution in [0, 0.1) is 0 Å². The van der Waals surface area contributed by atoms with Gasteiger partial charge in [0, 0.05) is 16.2 Å². The standard InChI is InChI=1S/C43H39NOP2/c1-4-33(2)43(45)44(34(3)35-21-10-5-11-22-35)42-40(46(36-23-12-6-13-24-36)37-25-14-7-15-26-37)31-20-32-41(42)47(38-27-16-8-17-28-38)39-29-18-9-19-30-39/h4-32,34H,1-3H3/b33-4+/t34-/m0/s1. The molecule has 0 aliphatic carbocycles. The second-order valence-electron chi connectivity index (χ2n) is 11.4. The largest absolute Gasteiger partial charge is 0.300 e. The molecule has 2 nitrogen and oxygen atoms in total. The lowest BCUT2D eigenvalue weighted by Gasteiger charge is -2.37. The zero-order chi connectivity index (χ0) is 32.6. The Morgan fingerprint density at radius 1 is 0.532 bits per heavy atom. The summed E-state index contributed by atoms with van der Waals surface area (Å²) >= 11 is 0. The number of hydrogen-bond acceptors (Lipinski definition) is 1. The molecule has 0 aliphatic heterocycles. The van der Waals surface area contributed by atoms with Crippen LogP contribution in [-0.2, 0) is 4.79 Å². The van der Waals surface area contributed by atoms with Crippen molar-refractivity contribution in [2.75, 3.05) is 4.90 Å². The van der Waals surface area contributed by atoms with Gasteiger partial charge in [0.1, 0.15) is 0 Å². The first-order valence-electron chi connectivity index (χ1n) is 16.0. The molecule has 1 amide bonds.